The number of aryl methyl sites for hydroxylation is 1. The number of esters is 1. The lowest BCUT2D eigenvalue weighted by atomic mass is 9.97. The zero-order valence-electron chi connectivity index (χ0n) is 17.5. The maximum Gasteiger partial charge on any atom is 0.316 e. The number of hydrogen-bond acceptors (Lipinski definition) is 5. The highest BCUT2D eigenvalue weighted by atomic mass is 32.1. The van der Waals surface area contributed by atoms with Gasteiger partial charge in [-0.15, -0.1) is 11.3 Å². The highest BCUT2D eigenvalue weighted by Gasteiger charge is 2.28. The van der Waals surface area contributed by atoms with Crippen LogP contribution in [0.4, 0.5) is 8.78 Å². The molecule has 1 aromatic heterocycles. The SMILES string of the molecule is Cc1ccccc1/C(OC(=O)C(C)(C)C)=C(\C#N)c1nc(-c2c(F)cccc2F)cs1. The van der Waals surface area contributed by atoms with Crippen LogP contribution in [0.3, 0.4) is 0 Å². The number of rotatable bonds is 4. The van der Waals surface area contributed by atoms with Crippen LogP contribution in [0.15, 0.2) is 47.8 Å². The van der Waals surface area contributed by atoms with Gasteiger partial charge in [0.15, 0.2) is 5.76 Å². The summed E-state index contributed by atoms with van der Waals surface area (Å²) in [5.41, 5.74) is 0.356. The second-order valence-corrected chi connectivity index (χ2v) is 8.76. The Labute approximate surface area is 183 Å². The molecule has 0 aliphatic rings. The third-order valence-corrected chi connectivity index (χ3v) is 5.33. The largest absolute Gasteiger partial charge is 0.424 e. The van der Waals surface area contributed by atoms with Gasteiger partial charge < -0.3 is 4.74 Å². The molecule has 158 valence electrons. The molecule has 0 spiro atoms. The Balaban J connectivity index is 2.19. The van der Waals surface area contributed by atoms with E-state index in [1.807, 2.05) is 19.1 Å². The van der Waals surface area contributed by atoms with Gasteiger partial charge in [-0.2, -0.15) is 5.26 Å². The molecular weight excluding hydrogens is 418 g/mol. The summed E-state index contributed by atoms with van der Waals surface area (Å²) in [5.74, 6) is -1.96. The van der Waals surface area contributed by atoms with Crippen LogP contribution in [0, 0.1) is 35.3 Å². The number of allylic oxidation sites excluding steroid dienone is 1. The third-order valence-electron chi connectivity index (χ3n) is 4.47. The second kappa shape index (κ2) is 8.78. The van der Waals surface area contributed by atoms with Gasteiger partial charge in [-0.1, -0.05) is 30.3 Å². The molecule has 7 heteroatoms. The van der Waals surface area contributed by atoms with E-state index in [0.717, 1.165) is 29.0 Å². The zero-order chi connectivity index (χ0) is 22.8. The molecule has 0 bridgehead atoms. The predicted octanol–water partition coefficient (Wildman–Crippen LogP) is 6.38. The van der Waals surface area contributed by atoms with Crippen LogP contribution in [0.5, 0.6) is 0 Å². The lowest BCUT2D eigenvalue weighted by Gasteiger charge is -2.19. The first kappa shape index (κ1) is 22.3. The summed E-state index contributed by atoms with van der Waals surface area (Å²) >= 11 is 1.04. The van der Waals surface area contributed by atoms with Gasteiger partial charge in [-0.05, 0) is 45.4 Å². The molecule has 3 aromatic rings. The summed E-state index contributed by atoms with van der Waals surface area (Å²) < 4.78 is 34.1. The molecule has 0 amide bonds. The monoisotopic (exact) mass is 438 g/mol. The van der Waals surface area contributed by atoms with Crippen molar-refractivity contribution in [3.05, 3.63) is 75.6 Å². The number of halogens is 2. The maximum atomic E-state index is 14.2. The Bertz CT molecular complexity index is 1200. The smallest absolute Gasteiger partial charge is 0.316 e. The van der Waals surface area contributed by atoms with Crippen molar-refractivity contribution in [2.45, 2.75) is 27.7 Å². The number of carbonyl (C=O) groups is 1. The average molecular weight is 438 g/mol. The predicted molar refractivity (Wildman–Crippen MR) is 117 cm³/mol. The molecule has 0 N–H and O–H groups in total. The maximum absolute atomic E-state index is 14.2. The fraction of sp³-hybridized carbons (Fsp3) is 0.208. The Morgan fingerprint density at radius 2 is 1.74 bits per heavy atom. The molecule has 0 saturated carbocycles. The van der Waals surface area contributed by atoms with Crippen LogP contribution < -0.4 is 0 Å². The van der Waals surface area contributed by atoms with E-state index in [2.05, 4.69) is 11.1 Å². The number of aromatic nitrogens is 1. The van der Waals surface area contributed by atoms with Crippen LogP contribution in [-0.4, -0.2) is 11.0 Å². The number of thiazole rings is 1. The Morgan fingerprint density at radius 1 is 1.10 bits per heavy atom. The molecule has 0 aliphatic heterocycles. The van der Waals surface area contributed by atoms with Crippen LogP contribution in [0.2, 0.25) is 0 Å². The molecule has 0 fully saturated rings. The van der Waals surface area contributed by atoms with E-state index in [1.54, 1.807) is 32.9 Å². The highest BCUT2D eigenvalue weighted by molar-refractivity contribution is 7.11. The van der Waals surface area contributed by atoms with E-state index in [4.69, 9.17) is 4.74 Å². The zero-order valence-corrected chi connectivity index (χ0v) is 18.3. The first-order valence-electron chi connectivity index (χ1n) is 9.46. The molecule has 0 radical (unpaired) electrons. The average Bonchev–Trinajstić information content (AvgIpc) is 3.16. The number of nitriles is 1. The summed E-state index contributed by atoms with van der Waals surface area (Å²) in [5, 5.41) is 11.6. The summed E-state index contributed by atoms with van der Waals surface area (Å²) in [6.07, 6.45) is 0. The summed E-state index contributed by atoms with van der Waals surface area (Å²) in [6.45, 7) is 6.95. The molecule has 4 nitrogen and oxygen atoms in total. The van der Waals surface area contributed by atoms with Crippen molar-refractivity contribution in [2.75, 3.05) is 0 Å². The van der Waals surface area contributed by atoms with Crippen molar-refractivity contribution in [2.24, 2.45) is 5.41 Å². The van der Waals surface area contributed by atoms with E-state index in [9.17, 15) is 18.8 Å². The number of carbonyl (C=O) groups excluding carboxylic acids is 1. The second-order valence-electron chi connectivity index (χ2n) is 7.90. The number of benzene rings is 2. The minimum atomic E-state index is -0.807. The van der Waals surface area contributed by atoms with E-state index < -0.39 is 23.0 Å². The van der Waals surface area contributed by atoms with Gasteiger partial charge in [-0.3, -0.25) is 4.79 Å². The van der Waals surface area contributed by atoms with Crippen molar-refractivity contribution in [3.8, 4) is 17.3 Å². The standard InChI is InChI=1S/C24H20F2N2O2S/c1-14-8-5-6-9-15(14)21(30-23(29)24(2,3)4)16(12-27)22-28-19(13-31-22)20-17(25)10-7-11-18(20)26/h5-11,13H,1-4H3/b21-16-. The summed E-state index contributed by atoms with van der Waals surface area (Å²) in [4.78, 5) is 16.9. The molecule has 31 heavy (non-hydrogen) atoms. The molecule has 3 rings (SSSR count). The summed E-state index contributed by atoms with van der Waals surface area (Å²) in [7, 11) is 0. The molecule has 0 atom stereocenters. The van der Waals surface area contributed by atoms with E-state index in [1.165, 1.54) is 11.4 Å². The van der Waals surface area contributed by atoms with Gasteiger partial charge in [0.25, 0.3) is 0 Å². The van der Waals surface area contributed by atoms with Crippen molar-refractivity contribution in [1.82, 2.24) is 4.98 Å². The fourth-order valence-corrected chi connectivity index (χ4v) is 3.56. The fourth-order valence-electron chi connectivity index (χ4n) is 2.76. The van der Waals surface area contributed by atoms with E-state index in [-0.39, 0.29) is 27.6 Å². The van der Waals surface area contributed by atoms with Crippen LogP contribution in [-0.2, 0) is 9.53 Å². The molecule has 0 aliphatic carbocycles. The van der Waals surface area contributed by atoms with Crippen molar-refractivity contribution >= 4 is 28.6 Å². The lowest BCUT2D eigenvalue weighted by Crippen LogP contribution is -2.23. The first-order chi connectivity index (χ1) is 14.6. The van der Waals surface area contributed by atoms with Crippen molar-refractivity contribution in [1.29, 1.82) is 5.26 Å². The van der Waals surface area contributed by atoms with Crippen LogP contribution in [0.25, 0.3) is 22.6 Å². The van der Waals surface area contributed by atoms with Crippen LogP contribution in [0.1, 0.15) is 36.9 Å². The number of ether oxygens (including phenoxy) is 1. The quantitative estimate of drug-likeness (QED) is 0.269. The van der Waals surface area contributed by atoms with Gasteiger partial charge in [0.05, 0.1) is 16.7 Å². The Hall–Kier alpha value is -3.37. The van der Waals surface area contributed by atoms with Gasteiger partial charge in [0.1, 0.15) is 28.3 Å². The molecular formula is C24H20F2N2O2S. The van der Waals surface area contributed by atoms with Gasteiger partial charge in [0, 0.05) is 10.9 Å². The van der Waals surface area contributed by atoms with Crippen molar-refractivity contribution in [3.63, 3.8) is 0 Å². The minimum absolute atomic E-state index is 0.0138. The minimum Gasteiger partial charge on any atom is -0.424 e. The van der Waals surface area contributed by atoms with E-state index in [0.29, 0.717) is 5.56 Å². The van der Waals surface area contributed by atoms with Gasteiger partial charge in [0.2, 0.25) is 0 Å². The number of hydrogen-bond donors (Lipinski definition) is 0. The normalized spacial score (nSPS) is 12.2. The molecule has 0 unspecified atom stereocenters. The first-order valence-corrected chi connectivity index (χ1v) is 10.3. The molecule has 1 heterocycles. The Kier molecular flexibility index (Phi) is 6.32. The molecule has 2 aromatic carbocycles. The van der Waals surface area contributed by atoms with E-state index >= 15 is 0 Å². The summed E-state index contributed by atoms with van der Waals surface area (Å²) in [6, 6.07) is 12.8. The third kappa shape index (κ3) is 4.70. The highest BCUT2D eigenvalue weighted by Crippen LogP contribution is 2.35. The lowest BCUT2D eigenvalue weighted by molar-refractivity contribution is -0.145. The van der Waals surface area contributed by atoms with Gasteiger partial charge in [-0.25, -0.2) is 13.8 Å². The Morgan fingerprint density at radius 3 is 2.32 bits per heavy atom. The van der Waals surface area contributed by atoms with Crippen LogP contribution >= 0.6 is 11.3 Å². The molecule has 0 saturated heterocycles. The van der Waals surface area contributed by atoms with Gasteiger partial charge >= 0.3 is 5.97 Å². The number of nitrogens with zero attached hydrogens (tertiary/aromatic N) is 2. The topological polar surface area (TPSA) is 63.0 Å². The van der Waals surface area contributed by atoms with Crippen molar-refractivity contribution < 1.29 is 18.3 Å².